The molecule has 1 N–H and O–H groups in total. The fourth-order valence-electron chi connectivity index (χ4n) is 3.75. The molecular formula is C27H19F3N4O2. The first kappa shape index (κ1) is 23.1. The van der Waals surface area contributed by atoms with Gasteiger partial charge in [-0.25, -0.2) is 4.98 Å². The highest BCUT2D eigenvalue weighted by molar-refractivity contribution is 6.04. The molecule has 0 radical (unpaired) electrons. The van der Waals surface area contributed by atoms with Crippen LogP contribution in [0.25, 0.3) is 22.3 Å². The molecule has 3 aromatic heterocycles. The van der Waals surface area contributed by atoms with Crippen molar-refractivity contribution in [3.63, 3.8) is 0 Å². The first-order chi connectivity index (χ1) is 17.3. The van der Waals surface area contributed by atoms with Gasteiger partial charge in [0.1, 0.15) is 17.1 Å². The third-order valence-electron chi connectivity index (χ3n) is 5.53. The summed E-state index contributed by atoms with van der Waals surface area (Å²) in [5.41, 5.74) is 1.64. The summed E-state index contributed by atoms with van der Waals surface area (Å²) in [6.07, 6.45) is 0.754. The van der Waals surface area contributed by atoms with Crippen LogP contribution >= 0.6 is 0 Å². The molecule has 5 aromatic rings. The lowest BCUT2D eigenvalue weighted by Crippen LogP contribution is -2.13. The Hall–Kier alpha value is -4.66. The SMILES string of the molecule is Cn1ccc2c(Oc3cccc(C(=O)Nc4cccc(C(F)(F)F)c4)c3)cc(-c3cccnc3)nc21. The van der Waals surface area contributed by atoms with Crippen molar-refractivity contribution in [2.24, 2.45) is 7.05 Å². The van der Waals surface area contributed by atoms with Crippen molar-refractivity contribution in [1.82, 2.24) is 14.5 Å². The Morgan fingerprint density at radius 2 is 1.83 bits per heavy atom. The fourth-order valence-corrected chi connectivity index (χ4v) is 3.75. The second-order valence-electron chi connectivity index (χ2n) is 8.07. The van der Waals surface area contributed by atoms with Gasteiger partial charge in [0.05, 0.1) is 16.6 Å². The molecule has 0 aliphatic heterocycles. The van der Waals surface area contributed by atoms with Crippen LogP contribution in [0.5, 0.6) is 11.5 Å². The number of carbonyl (C=O) groups excluding carboxylic acids is 1. The highest BCUT2D eigenvalue weighted by atomic mass is 19.4. The van der Waals surface area contributed by atoms with E-state index in [4.69, 9.17) is 9.72 Å². The van der Waals surface area contributed by atoms with Gasteiger partial charge in [-0.2, -0.15) is 13.2 Å². The van der Waals surface area contributed by atoms with Crippen LogP contribution < -0.4 is 10.1 Å². The average molecular weight is 488 g/mol. The number of anilines is 1. The van der Waals surface area contributed by atoms with Crippen molar-refractivity contribution in [3.8, 4) is 22.8 Å². The largest absolute Gasteiger partial charge is 0.456 e. The molecule has 9 heteroatoms. The van der Waals surface area contributed by atoms with E-state index in [2.05, 4.69) is 10.3 Å². The normalized spacial score (nSPS) is 11.4. The van der Waals surface area contributed by atoms with Crippen LogP contribution in [0.2, 0.25) is 0 Å². The number of hydrogen-bond acceptors (Lipinski definition) is 4. The third kappa shape index (κ3) is 4.76. The Kier molecular flexibility index (Phi) is 5.89. The minimum Gasteiger partial charge on any atom is -0.456 e. The molecule has 6 nitrogen and oxygen atoms in total. The lowest BCUT2D eigenvalue weighted by atomic mass is 10.1. The zero-order valence-electron chi connectivity index (χ0n) is 19.0. The summed E-state index contributed by atoms with van der Waals surface area (Å²) in [5, 5.41) is 3.29. The van der Waals surface area contributed by atoms with Crippen LogP contribution in [0.15, 0.2) is 91.4 Å². The Morgan fingerprint density at radius 1 is 1.00 bits per heavy atom. The lowest BCUT2D eigenvalue weighted by molar-refractivity contribution is -0.137. The van der Waals surface area contributed by atoms with Gasteiger partial charge in [-0.15, -0.1) is 0 Å². The standard InChI is InChI=1S/C27H19F3N4O2/c1-34-12-10-22-24(15-23(33-25(22)34)18-6-4-11-31-16-18)36-21-9-2-5-17(13-21)26(35)32-20-8-3-7-19(14-20)27(28,29)30/h2-16H,1H3,(H,32,35). The van der Waals surface area contributed by atoms with Gasteiger partial charge < -0.3 is 14.6 Å². The summed E-state index contributed by atoms with van der Waals surface area (Å²) in [6.45, 7) is 0. The van der Waals surface area contributed by atoms with Gasteiger partial charge in [-0.1, -0.05) is 12.1 Å². The zero-order valence-corrected chi connectivity index (χ0v) is 19.0. The molecule has 0 saturated carbocycles. The second kappa shape index (κ2) is 9.18. The number of nitrogens with zero attached hydrogens (tertiary/aromatic N) is 3. The maximum atomic E-state index is 13.0. The number of carbonyl (C=O) groups is 1. The molecule has 180 valence electrons. The van der Waals surface area contributed by atoms with Crippen molar-refractivity contribution in [2.75, 3.05) is 5.32 Å². The number of nitrogens with one attached hydrogen (secondary N) is 1. The van der Waals surface area contributed by atoms with Gasteiger partial charge in [-0.05, 0) is 54.6 Å². The third-order valence-corrected chi connectivity index (χ3v) is 5.53. The monoisotopic (exact) mass is 488 g/mol. The molecule has 2 aromatic carbocycles. The molecule has 0 unspecified atom stereocenters. The van der Waals surface area contributed by atoms with Gasteiger partial charge in [0.15, 0.2) is 0 Å². The Labute approximate surface area is 204 Å². The zero-order chi connectivity index (χ0) is 25.3. The van der Waals surface area contributed by atoms with Gasteiger partial charge in [0.2, 0.25) is 0 Å². The van der Waals surface area contributed by atoms with E-state index in [1.807, 2.05) is 36.0 Å². The van der Waals surface area contributed by atoms with Crippen molar-refractivity contribution in [3.05, 3.63) is 103 Å². The maximum Gasteiger partial charge on any atom is 0.416 e. The fraction of sp³-hybridized carbons (Fsp3) is 0.0741. The summed E-state index contributed by atoms with van der Waals surface area (Å²) in [5.74, 6) is 0.366. The number of hydrogen-bond donors (Lipinski definition) is 1. The Morgan fingerprint density at radius 3 is 2.61 bits per heavy atom. The molecule has 0 saturated heterocycles. The molecule has 5 rings (SSSR count). The van der Waals surface area contributed by atoms with Crippen LogP contribution in [0.1, 0.15) is 15.9 Å². The molecule has 0 bridgehead atoms. The van der Waals surface area contributed by atoms with Crippen molar-refractivity contribution < 1.29 is 22.7 Å². The van der Waals surface area contributed by atoms with Crippen molar-refractivity contribution in [1.29, 1.82) is 0 Å². The van der Waals surface area contributed by atoms with Crippen molar-refractivity contribution >= 4 is 22.6 Å². The number of amides is 1. The minimum atomic E-state index is -4.50. The van der Waals surface area contributed by atoms with Crippen LogP contribution in [0.3, 0.4) is 0 Å². The van der Waals surface area contributed by atoms with E-state index < -0.39 is 17.6 Å². The summed E-state index contributed by atoms with van der Waals surface area (Å²) in [7, 11) is 1.88. The number of rotatable bonds is 5. The van der Waals surface area contributed by atoms with Crippen LogP contribution in [-0.2, 0) is 13.2 Å². The first-order valence-electron chi connectivity index (χ1n) is 10.9. The van der Waals surface area contributed by atoms with Crippen LogP contribution in [0, 0.1) is 0 Å². The molecule has 0 spiro atoms. The summed E-state index contributed by atoms with van der Waals surface area (Å²) in [4.78, 5) is 21.6. The van der Waals surface area contributed by atoms with Crippen LogP contribution in [-0.4, -0.2) is 20.4 Å². The summed E-state index contributed by atoms with van der Waals surface area (Å²) >= 11 is 0. The predicted molar refractivity (Wildman–Crippen MR) is 130 cm³/mol. The first-order valence-corrected chi connectivity index (χ1v) is 10.9. The Balaban J connectivity index is 1.43. The highest BCUT2D eigenvalue weighted by Gasteiger charge is 2.30. The van der Waals surface area contributed by atoms with E-state index in [0.717, 1.165) is 23.1 Å². The summed E-state index contributed by atoms with van der Waals surface area (Å²) in [6, 6.07) is 18.3. The second-order valence-corrected chi connectivity index (χ2v) is 8.07. The smallest absolute Gasteiger partial charge is 0.416 e. The molecule has 0 fully saturated rings. The average Bonchev–Trinajstić information content (AvgIpc) is 3.25. The lowest BCUT2D eigenvalue weighted by Gasteiger charge is -2.12. The predicted octanol–water partition coefficient (Wildman–Crippen LogP) is 6.70. The van der Waals surface area contributed by atoms with E-state index in [0.29, 0.717) is 22.8 Å². The quantitative estimate of drug-likeness (QED) is 0.299. The summed E-state index contributed by atoms with van der Waals surface area (Å²) < 4.78 is 47.0. The molecule has 36 heavy (non-hydrogen) atoms. The number of fused-ring (bicyclic) bond motifs is 1. The number of benzene rings is 2. The van der Waals surface area contributed by atoms with Gasteiger partial charge in [-0.3, -0.25) is 9.78 Å². The van der Waals surface area contributed by atoms with Gasteiger partial charge >= 0.3 is 6.18 Å². The number of ether oxygens (including phenoxy) is 1. The number of pyridine rings is 2. The van der Waals surface area contributed by atoms with Crippen LogP contribution in [0.4, 0.5) is 18.9 Å². The molecule has 3 heterocycles. The number of alkyl halides is 3. The molecule has 0 atom stereocenters. The maximum absolute atomic E-state index is 13.0. The molecule has 1 amide bonds. The number of aryl methyl sites for hydroxylation is 1. The molecular weight excluding hydrogens is 469 g/mol. The number of halogens is 3. The van der Waals surface area contributed by atoms with Gasteiger partial charge in [0, 0.05) is 48.5 Å². The van der Waals surface area contributed by atoms with Gasteiger partial charge in [0.25, 0.3) is 5.91 Å². The topological polar surface area (TPSA) is 69.0 Å². The highest BCUT2D eigenvalue weighted by Crippen LogP contribution is 2.34. The van der Waals surface area contributed by atoms with E-state index >= 15 is 0 Å². The van der Waals surface area contributed by atoms with E-state index in [1.165, 1.54) is 18.2 Å². The Bertz CT molecular complexity index is 1560. The van der Waals surface area contributed by atoms with E-state index in [9.17, 15) is 18.0 Å². The van der Waals surface area contributed by atoms with E-state index in [1.54, 1.807) is 36.7 Å². The van der Waals surface area contributed by atoms with E-state index in [-0.39, 0.29) is 11.3 Å². The number of aromatic nitrogens is 3. The molecule has 0 aliphatic rings. The molecule has 0 aliphatic carbocycles. The minimum absolute atomic E-state index is 0.0439. The van der Waals surface area contributed by atoms with Crippen molar-refractivity contribution in [2.45, 2.75) is 6.18 Å².